The van der Waals surface area contributed by atoms with Crippen molar-refractivity contribution < 1.29 is 14.7 Å². The molecule has 0 saturated carbocycles. The zero-order chi connectivity index (χ0) is 21.4. The lowest BCUT2D eigenvalue weighted by atomic mass is 9.95. The number of thiophene rings is 1. The minimum atomic E-state index is -0.737. The van der Waals surface area contributed by atoms with Crippen LogP contribution in [-0.2, 0) is 12.8 Å². The van der Waals surface area contributed by atoms with Crippen molar-refractivity contribution in [1.82, 2.24) is 9.78 Å². The van der Waals surface area contributed by atoms with Crippen molar-refractivity contribution in [1.29, 1.82) is 0 Å². The number of aryl methyl sites for hydroxylation is 1. The Hall–Kier alpha value is -2.98. The van der Waals surface area contributed by atoms with Gasteiger partial charge in [0.05, 0.1) is 11.3 Å². The highest BCUT2D eigenvalue weighted by Gasteiger charge is 2.26. The first-order chi connectivity index (χ1) is 14.3. The first-order valence-corrected chi connectivity index (χ1v) is 10.8. The third kappa shape index (κ3) is 3.75. The Bertz CT molecular complexity index is 1220. The molecule has 0 radical (unpaired) electrons. The summed E-state index contributed by atoms with van der Waals surface area (Å²) < 4.78 is 1.84. The molecule has 2 heterocycles. The second-order valence-corrected chi connectivity index (χ2v) is 8.86. The van der Waals surface area contributed by atoms with Crippen LogP contribution in [-0.4, -0.2) is 26.7 Å². The number of carbonyl (C=O) groups is 2. The summed E-state index contributed by atoms with van der Waals surface area (Å²) in [5, 5.41) is 17.2. The highest BCUT2D eigenvalue weighted by atomic mass is 79.9. The number of nitrogens with zero attached hydrogens (tertiary/aromatic N) is 2. The van der Waals surface area contributed by atoms with E-state index in [2.05, 4.69) is 26.3 Å². The summed E-state index contributed by atoms with van der Waals surface area (Å²) in [7, 11) is 0. The lowest BCUT2D eigenvalue weighted by Crippen LogP contribution is -2.25. The molecule has 1 aliphatic rings. The third-order valence-electron chi connectivity index (χ3n) is 4.84. The van der Waals surface area contributed by atoms with Crippen LogP contribution in [0.25, 0.3) is 5.69 Å². The molecular formula is C20H17BrN4O4S. The molecular weight excluding hydrogens is 472 g/mol. The second kappa shape index (κ2) is 8.04. The molecule has 4 N–H and O–H groups in total. The Morgan fingerprint density at radius 3 is 2.60 bits per heavy atom. The van der Waals surface area contributed by atoms with Crippen LogP contribution in [0.1, 0.15) is 44.1 Å². The van der Waals surface area contributed by atoms with Crippen LogP contribution in [0.2, 0.25) is 0 Å². The maximum Gasteiger partial charge on any atom is 0.280 e. The summed E-state index contributed by atoms with van der Waals surface area (Å²) in [5.41, 5.74) is 6.26. The van der Waals surface area contributed by atoms with Crippen LogP contribution in [0.15, 0.2) is 39.6 Å². The number of hydrogen-bond donors (Lipinski definition) is 3. The van der Waals surface area contributed by atoms with Crippen LogP contribution in [0.3, 0.4) is 0 Å². The Morgan fingerprint density at radius 2 is 1.90 bits per heavy atom. The topological polar surface area (TPSA) is 127 Å². The molecule has 1 aromatic carbocycles. The van der Waals surface area contributed by atoms with E-state index in [1.54, 1.807) is 24.3 Å². The predicted molar refractivity (Wildman–Crippen MR) is 117 cm³/mol. The van der Waals surface area contributed by atoms with Gasteiger partial charge in [-0.05, 0) is 55.5 Å². The van der Waals surface area contributed by atoms with E-state index >= 15 is 0 Å². The zero-order valence-corrected chi connectivity index (χ0v) is 18.0. The number of nitrogens with one attached hydrogen (secondary N) is 1. The summed E-state index contributed by atoms with van der Waals surface area (Å²) in [6.07, 6.45) is 3.53. The first kappa shape index (κ1) is 20.3. The van der Waals surface area contributed by atoms with Gasteiger partial charge < -0.3 is 16.2 Å². The summed E-state index contributed by atoms with van der Waals surface area (Å²) in [6, 6.07) is 7.68. The van der Waals surface area contributed by atoms with Gasteiger partial charge in [-0.3, -0.25) is 14.4 Å². The van der Waals surface area contributed by atoms with E-state index in [4.69, 9.17) is 5.73 Å². The number of benzene rings is 1. The predicted octanol–water partition coefficient (Wildman–Crippen LogP) is 2.99. The molecule has 154 valence electrons. The van der Waals surface area contributed by atoms with Crippen molar-refractivity contribution in [3.8, 4) is 11.4 Å². The molecule has 8 nitrogen and oxygen atoms in total. The number of halogens is 1. The Balaban J connectivity index is 1.72. The number of anilines is 1. The summed E-state index contributed by atoms with van der Waals surface area (Å²) >= 11 is 4.63. The molecule has 0 bridgehead atoms. The largest absolute Gasteiger partial charge is 0.505 e. The van der Waals surface area contributed by atoms with Crippen molar-refractivity contribution in [3.63, 3.8) is 0 Å². The van der Waals surface area contributed by atoms with Gasteiger partial charge in [-0.15, -0.1) is 11.3 Å². The molecule has 10 heteroatoms. The molecule has 1 aliphatic carbocycles. The van der Waals surface area contributed by atoms with Gasteiger partial charge in [0.15, 0.2) is 11.4 Å². The maximum atomic E-state index is 12.9. The smallest absolute Gasteiger partial charge is 0.280 e. The number of aromatic nitrogens is 2. The standard InChI is InChI=1S/C20H17BrN4O4S/c21-10-5-7-11(8-6-10)25-15(27)9-13(26)17(24-25)19(29)23-20-16(18(22)28)12-3-1-2-4-14(12)30-20/h5-9,26H,1-4H2,(H2,22,28)(H,23,29). The highest BCUT2D eigenvalue weighted by molar-refractivity contribution is 9.10. The monoisotopic (exact) mass is 488 g/mol. The van der Waals surface area contributed by atoms with Gasteiger partial charge in [-0.25, -0.2) is 0 Å². The molecule has 0 saturated heterocycles. The normalized spacial score (nSPS) is 13.0. The Morgan fingerprint density at radius 1 is 1.20 bits per heavy atom. The van der Waals surface area contributed by atoms with Crippen LogP contribution in [0, 0.1) is 0 Å². The van der Waals surface area contributed by atoms with E-state index in [1.807, 2.05) is 0 Å². The minimum Gasteiger partial charge on any atom is -0.505 e. The average Bonchev–Trinajstić information content (AvgIpc) is 3.06. The maximum absolute atomic E-state index is 12.9. The number of primary amides is 1. The van der Waals surface area contributed by atoms with Gasteiger partial charge in [0, 0.05) is 15.4 Å². The number of fused-ring (bicyclic) bond motifs is 1. The SMILES string of the molecule is NC(=O)c1c(NC(=O)c2nn(-c3ccc(Br)cc3)c(=O)cc2O)sc2c1CCCC2. The molecule has 30 heavy (non-hydrogen) atoms. The number of carbonyl (C=O) groups excluding carboxylic acids is 2. The summed E-state index contributed by atoms with van der Waals surface area (Å²) in [4.78, 5) is 38.2. The van der Waals surface area contributed by atoms with Crippen molar-refractivity contribution in [2.45, 2.75) is 25.7 Å². The number of aromatic hydroxyl groups is 1. The van der Waals surface area contributed by atoms with Crippen molar-refractivity contribution in [2.24, 2.45) is 5.73 Å². The highest BCUT2D eigenvalue weighted by Crippen LogP contribution is 2.38. The third-order valence-corrected chi connectivity index (χ3v) is 6.58. The lowest BCUT2D eigenvalue weighted by molar-refractivity contribution is 0.100. The summed E-state index contributed by atoms with van der Waals surface area (Å²) in [6.45, 7) is 0. The molecule has 0 fully saturated rings. The van der Waals surface area contributed by atoms with Crippen LogP contribution in [0.4, 0.5) is 5.00 Å². The molecule has 3 aromatic rings. The number of nitrogens with two attached hydrogens (primary N) is 1. The van der Waals surface area contributed by atoms with Gasteiger partial charge >= 0.3 is 0 Å². The van der Waals surface area contributed by atoms with E-state index in [0.717, 1.165) is 51.3 Å². The fourth-order valence-electron chi connectivity index (χ4n) is 3.45. The van der Waals surface area contributed by atoms with Gasteiger partial charge in [0.2, 0.25) is 0 Å². The molecule has 2 amide bonds. The molecule has 0 atom stereocenters. The lowest BCUT2D eigenvalue weighted by Gasteiger charge is -2.11. The number of hydrogen-bond acceptors (Lipinski definition) is 6. The van der Waals surface area contributed by atoms with Gasteiger partial charge in [0.25, 0.3) is 17.4 Å². The zero-order valence-electron chi connectivity index (χ0n) is 15.6. The minimum absolute atomic E-state index is 0.309. The van der Waals surface area contributed by atoms with E-state index < -0.39 is 23.1 Å². The van der Waals surface area contributed by atoms with Gasteiger partial charge in [0.1, 0.15) is 5.00 Å². The van der Waals surface area contributed by atoms with Crippen LogP contribution in [0.5, 0.6) is 5.75 Å². The van der Waals surface area contributed by atoms with Gasteiger partial charge in [-0.2, -0.15) is 9.78 Å². The van der Waals surface area contributed by atoms with Crippen molar-refractivity contribution >= 4 is 44.1 Å². The quantitative estimate of drug-likeness (QED) is 0.519. The molecule has 0 unspecified atom stereocenters. The van der Waals surface area contributed by atoms with Crippen molar-refractivity contribution in [3.05, 3.63) is 66.9 Å². The molecule has 2 aromatic heterocycles. The van der Waals surface area contributed by atoms with Gasteiger partial charge in [-0.1, -0.05) is 15.9 Å². The fraction of sp³-hybridized carbons (Fsp3) is 0.200. The molecule has 0 aliphatic heterocycles. The Kier molecular flexibility index (Phi) is 5.44. The van der Waals surface area contributed by atoms with Crippen molar-refractivity contribution in [2.75, 3.05) is 5.32 Å². The van der Waals surface area contributed by atoms with E-state index in [1.165, 1.54) is 11.3 Å². The van der Waals surface area contributed by atoms with E-state index in [-0.39, 0.29) is 5.69 Å². The van der Waals surface area contributed by atoms with E-state index in [9.17, 15) is 19.5 Å². The average molecular weight is 489 g/mol. The van der Waals surface area contributed by atoms with E-state index in [0.29, 0.717) is 16.3 Å². The van der Waals surface area contributed by atoms with Crippen LogP contribution >= 0.6 is 27.3 Å². The van der Waals surface area contributed by atoms with Crippen LogP contribution < -0.4 is 16.6 Å². The molecule has 0 spiro atoms. The first-order valence-electron chi connectivity index (χ1n) is 9.20. The number of rotatable bonds is 4. The number of amides is 2. The fourth-order valence-corrected chi connectivity index (χ4v) is 5.01. The summed E-state index contributed by atoms with van der Waals surface area (Å²) in [5.74, 6) is -1.89. The molecule has 4 rings (SSSR count). The Labute approximate surface area is 183 Å². The second-order valence-electron chi connectivity index (χ2n) is 6.84.